The fourth-order valence-electron chi connectivity index (χ4n) is 2.07. The second kappa shape index (κ2) is 6.89. The van der Waals surface area contributed by atoms with Crippen molar-refractivity contribution in [2.45, 2.75) is 27.2 Å². The van der Waals surface area contributed by atoms with Crippen LogP contribution in [0, 0.1) is 13.8 Å². The van der Waals surface area contributed by atoms with Crippen LogP contribution in [0.1, 0.15) is 23.9 Å². The minimum Gasteiger partial charge on any atom is -0.478 e. The Morgan fingerprint density at radius 3 is 2.70 bits per heavy atom. The van der Waals surface area contributed by atoms with Crippen LogP contribution in [0.3, 0.4) is 0 Å². The smallest absolute Gasteiger partial charge is 0.218 e. The molecule has 0 amide bonds. The van der Waals surface area contributed by atoms with Crippen molar-refractivity contribution in [3.05, 3.63) is 47.3 Å². The van der Waals surface area contributed by atoms with E-state index in [0.29, 0.717) is 18.3 Å². The van der Waals surface area contributed by atoms with Crippen molar-refractivity contribution in [1.29, 1.82) is 0 Å². The number of hydrogen-bond acceptors (Lipinski definition) is 4. The van der Waals surface area contributed by atoms with Crippen LogP contribution in [-0.2, 0) is 6.42 Å². The summed E-state index contributed by atoms with van der Waals surface area (Å²) in [6.45, 7) is 7.40. The molecule has 4 nitrogen and oxygen atoms in total. The third-order valence-corrected chi connectivity index (χ3v) is 3.07. The van der Waals surface area contributed by atoms with Gasteiger partial charge in [0.1, 0.15) is 11.6 Å². The lowest BCUT2D eigenvalue weighted by Gasteiger charge is -2.10. The molecule has 1 N–H and O–H groups in total. The monoisotopic (exact) mass is 271 g/mol. The number of aryl methyl sites for hydroxylation is 2. The minimum absolute atomic E-state index is 0.610. The van der Waals surface area contributed by atoms with Gasteiger partial charge in [0.2, 0.25) is 5.88 Å². The number of anilines is 1. The molecule has 1 aromatic heterocycles. The summed E-state index contributed by atoms with van der Waals surface area (Å²) in [6, 6.07) is 10.3. The van der Waals surface area contributed by atoms with Crippen LogP contribution >= 0.6 is 0 Å². The first-order valence-electron chi connectivity index (χ1n) is 6.96. The molecule has 0 saturated heterocycles. The van der Waals surface area contributed by atoms with Crippen molar-refractivity contribution in [3.63, 3.8) is 0 Å². The van der Waals surface area contributed by atoms with E-state index in [0.717, 1.165) is 18.8 Å². The Labute approximate surface area is 120 Å². The van der Waals surface area contributed by atoms with E-state index in [-0.39, 0.29) is 0 Å². The Bertz CT molecular complexity index is 569. The summed E-state index contributed by atoms with van der Waals surface area (Å²) in [4.78, 5) is 8.60. The van der Waals surface area contributed by atoms with Gasteiger partial charge in [-0.25, -0.2) is 4.98 Å². The zero-order chi connectivity index (χ0) is 14.4. The maximum absolute atomic E-state index is 5.42. The summed E-state index contributed by atoms with van der Waals surface area (Å²) in [5, 5.41) is 3.33. The van der Waals surface area contributed by atoms with E-state index in [1.165, 1.54) is 11.1 Å². The third-order valence-electron chi connectivity index (χ3n) is 3.07. The fraction of sp³-hybridized carbons (Fsp3) is 0.375. The second-order valence-electron chi connectivity index (χ2n) is 4.67. The van der Waals surface area contributed by atoms with E-state index < -0.39 is 0 Å². The topological polar surface area (TPSA) is 47.0 Å². The Morgan fingerprint density at radius 1 is 1.15 bits per heavy atom. The van der Waals surface area contributed by atoms with Gasteiger partial charge in [-0.1, -0.05) is 24.3 Å². The van der Waals surface area contributed by atoms with Gasteiger partial charge < -0.3 is 10.1 Å². The summed E-state index contributed by atoms with van der Waals surface area (Å²) >= 11 is 0. The average Bonchev–Trinajstić information content (AvgIpc) is 2.41. The molecule has 20 heavy (non-hydrogen) atoms. The first-order chi connectivity index (χ1) is 9.69. The van der Waals surface area contributed by atoms with Gasteiger partial charge in [-0.3, -0.25) is 0 Å². The molecular weight excluding hydrogens is 250 g/mol. The van der Waals surface area contributed by atoms with E-state index in [4.69, 9.17) is 4.74 Å². The quantitative estimate of drug-likeness (QED) is 0.876. The normalized spacial score (nSPS) is 10.3. The molecule has 0 atom stereocenters. The van der Waals surface area contributed by atoms with Crippen LogP contribution in [0.15, 0.2) is 30.3 Å². The van der Waals surface area contributed by atoms with Gasteiger partial charge in [0, 0.05) is 12.6 Å². The van der Waals surface area contributed by atoms with Crippen LogP contribution in [0.4, 0.5) is 5.82 Å². The molecule has 1 heterocycles. The highest BCUT2D eigenvalue weighted by Gasteiger charge is 2.03. The second-order valence-corrected chi connectivity index (χ2v) is 4.67. The number of rotatable bonds is 6. The van der Waals surface area contributed by atoms with Crippen molar-refractivity contribution >= 4 is 5.82 Å². The zero-order valence-electron chi connectivity index (χ0n) is 12.3. The SMILES string of the molecule is CCOc1cc(NCCc2ccccc2C)nc(C)n1. The van der Waals surface area contributed by atoms with Crippen molar-refractivity contribution in [1.82, 2.24) is 9.97 Å². The summed E-state index contributed by atoms with van der Waals surface area (Å²) < 4.78 is 5.42. The van der Waals surface area contributed by atoms with Gasteiger partial charge in [0.05, 0.1) is 6.61 Å². The molecular formula is C16H21N3O. The standard InChI is InChI=1S/C16H21N3O/c1-4-20-16-11-15(18-13(3)19-16)17-10-9-14-8-6-5-7-12(14)2/h5-8,11H,4,9-10H2,1-3H3,(H,17,18,19). The minimum atomic E-state index is 0.610. The molecule has 0 unspecified atom stereocenters. The molecule has 4 heteroatoms. The van der Waals surface area contributed by atoms with E-state index >= 15 is 0 Å². The molecule has 0 bridgehead atoms. The van der Waals surface area contributed by atoms with Crippen molar-refractivity contribution in [3.8, 4) is 5.88 Å². The Hall–Kier alpha value is -2.10. The van der Waals surface area contributed by atoms with Crippen molar-refractivity contribution in [2.24, 2.45) is 0 Å². The molecule has 0 fully saturated rings. The highest BCUT2D eigenvalue weighted by atomic mass is 16.5. The van der Waals surface area contributed by atoms with Gasteiger partial charge >= 0.3 is 0 Å². The number of nitrogens with one attached hydrogen (secondary N) is 1. The van der Waals surface area contributed by atoms with E-state index in [2.05, 4.69) is 46.5 Å². The number of hydrogen-bond donors (Lipinski definition) is 1. The van der Waals surface area contributed by atoms with Gasteiger partial charge in [0.25, 0.3) is 0 Å². The molecule has 0 aliphatic carbocycles. The molecule has 2 rings (SSSR count). The van der Waals surface area contributed by atoms with Gasteiger partial charge in [-0.15, -0.1) is 0 Å². The Balaban J connectivity index is 1.95. The Kier molecular flexibility index (Phi) is 4.93. The molecule has 1 aromatic carbocycles. The molecule has 2 aromatic rings. The van der Waals surface area contributed by atoms with Crippen molar-refractivity contribution in [2.75, 3.05) is 18.5 Å². The van der Waals surface area contributed by atoms with Crippen LogP contribution in [0.2, 0.25) is 0 Å². The largest absolute Gasteiger partial charge is 0.478 e. The van der Waals surface area contributed by atoms with Crippen LogP contribution in [0.25, 0.3) is 0 Å². The average molecular weight is 271 g/mol. The number of ether oxygens (including phenoxy) is 1. The van der Waals surface area contributed by atoms with Gasteiger partial charge in [-0.05, 0) is 38.3 Å². The lowest BCUT2D eigenvalue weighted by molar-refractivity contribution is 0.325. The molecule has 0 aliphatic heterocycles. The number of benzene rings is 1. The summed E-state index contributed by atoms with van der Waals surface area (Å²) in [5.74, 6) is 2.15. The fourth-order valence-corrected chi connectivity index (χ4v) is 2.07. The van der Waals surface area contributed by atoms with Crippen LogP contribution < -0.4 is 10.1 Å². The lowest BCUT2D eigenvalue weighted by Crippen LogP contribution is -2.09. The van der Waals surface area contributed by atoms with E-state index in [1.54, 1.807) is 0 Å². The summed E-state index contributed by atoms with van der Waals surface area (Å²) in [7, 11) is 0. The summed E-state index contributed by atoms with van der Waals surface area (Å²) in [6.07, 6.45) is 0.972. The first kappa shape index (κ1) is 14.3. The molecule has 0 aliphatic rings. The number of nitrogens with zero attached hydrogens (tertiary/aromatic N) is 2. The predicted octanol–water partition coefficient (Wildman–Crippen LogP) is 3.15. The highest BCUT2D eigenvalue weighted by molar-refractivity contribution is 5.39. The van der Waals surface area contributed by atoms with E-state index in [1.807, 2.05) is 19.9 Å². The van der Waals surface area contributed by atoms with E-state index in [9.17, 15) is 0 Å². The molecule has 0 saturated carbocycles. The van der Waals surface area contributed by atoms with Crippen LogP contribution in [-0.4, -0.2) is 23.1 Å². The number of aromatic nitrogens is 2. The Morgan fingerprint density at radius 2 is 1.95 bits per heavy atom. The maximum Gasteiger partial charge on any atom is 0.218 e. The highest BCUT2D eigenvalue weighted by Crippen LogP contribution is 2.14. The van der Waals surface area contributed by atoms with Crippen molar-refractivity contribution < 1.29 is 4.74 Å². The molecule has 106 valence electrons. The molecule has 0 radical (unpaired) electrons. The van der Waals surface area contributed by atoms with Gasteiger partial charge in [-0.2, -0.15) is 4.98 Å². The summed E-state index contributed by atoms with van der Waals surface area (Å²) in [5.41, 5.74) is 2.68. The maximum atomic E-state index is 5.42. The zero-order valence-corrected chi connectivity index (χ0v) is 12.3. The lowest BCUT2D eigenvalue weighted by atomic mass is 10.1. The van der Waals surface area contributed by atoms with Crippen LogP contribution in [0.5, 0.6) is 5.88 Å². The predicted molar refractivity (Wildman–Crippen MR) is 81.3 cm³/mol. The van der Waals surface area contributed by atoms with Gasteiger partial charge in [0.15, 0.2) is 0 Å². The molecule has 0 spiro atoms. The third kappa shape index (κ3) is 3.95. The first-order valence-corrected chi connectivity index (χ1v) is 6.96.